The van der Waals surface area contributed by atoms with Gasteiger partial charge in [0.25, 0.3) is 0 Å². The standard InChI is InChI=1S/C60H95NO3/c1-3-5-7-9-11-13-15-16-17-18-19-20-21-22-23-24-25-26-27-28-29-30-31-32-33-34-35-36-37-38-39-40-41-42-43-44-46-48-50-52-54-56-60(64)61-58(57-62)59(63)55-53-51-49-47-45-14-12-10-8-6-4-2/h5,7-8,10-11,13,16-17,19-20,22-23,25-26,28-29,31-32,34-35,37-38,45,47,53,55,58-59,62-63H,3-4,6,9,12,14-15,18,21,24,27,30,33,36,39-44,46,48-52,54,56-57H2,1-2H3,(H,61,64)/b7-5-,10-8+,13-11-,17-16-,20-19-,23-22-,26-25-,29-28-,32-31-,35-34-,38-37-,47-45+,55-53+. The van der Waals surface area contributed by atoms with Gasteiger partial charge in [0.1, 0.15) is 0 Å². The number of rotatable bonds is 44. The van der Waals surface area contributed by atoms with Gasteiger partial charge in [-0.25, -0.2) is 0 Å². The number of unbranched alkanes of at least 4 members (excludes halogenated alkanes) is 13. The number of aliphatic hydroxyl groups is 2. The second-order valence-corrected chi connectivity index (χ2v) is 16.5. The van der Waals surface area contributed by atoms with Gasteiger partial charge < -0.3 is 15.5 Å². The van der Waals surface area contributed by atoms with Crippen molar-refractivity contribution < 1.29 is 15.0 Å². The predicted molar refractivity (Wildman–Crippen MR) is 284 cm³/mol. The zero-order chi connectivity index (χ0) is 46.3. The highest BCUT2D eigenvalue weighted by molar-refractivity contribution is 5.76. The number of carbonyl (C=O) groups is 1. The van der Waals surface area contributed by atoms with Crippen molar-refractivity contribution in [1.29, 1.82) is 0 Å². The van der Waals surface area contributed by atoms with Crippen LogP contribution in [-0.4, -0.2) is 34.9 Å². The summed E-state index contributed by atoms with van der Waals surface area (Å²) in [4.78, 5) is 12.4. The fourth-order valence-electron chi connectivity index (χ4n) is 6.60. The largest absolute Gasteiger partial charge is 0.394 e. The average molecular weight is 878 g/mol. The fourth-order valence-corrected chi connectivity index (χ4v) is 6.60. The Balaban J connectivity index is 3.64. The maximum atomic E-state index is 12.4. The molecule has 0 fully saturated rings. The van der Waals surface area contributed by atoms with E-state index >= 15 is 0 Å². The molecular formula is C60H95NO3. The quantitative estimate of drug-likeness (QED) is 0.0422. The molecule has 0 aliphatic rings. The first-order valence-corrected chi connectivity index (χ1v) is 25.7. The molecule has 3 N–H and O–H groups in total. The molecule has 0 aromatic heterocycles. The Bertz CT molecular complexity index is 1410. The van der Waals surface area contributed by atoms with Crippen molar-refractivity contribution in [3.8, 4) is 0 Å². The van der Waals surface area contributed by atoms with Gasteiger partial charge in [-0.1, -0.05) is 230 Å². The third kappa shape index (κ3) is 49.0. The van der Waals surface area contributed by atoms with Crippen molar-refractivity contribution in [2.45, 2.75) is 206 Å². The highest BCUT2D eigenvalue weighted by atomic mass is 16.3. The van der Waals surface area contributed by atoms with Crippen molar-refractivity contribution in [1.82, 2.24) is 5.32 Å². The summed E-state index contributed by atoms with van der Waals surface area (Å²) in [6, 6.07) is -0.657. The van der Waals surface area contributed by atoms with E-state index in [2.05, 4.69) is 165 Å². The van der Waals surface area contributed by atoms with Gasteiger partial charge in [-0.3, -0.25) is 4.79 Å². The molecule has 1 amide bonds. The molecule has 4 heteroatoms. The maximum Gasteiger partial charge on any atom is 0.220 e. The molecule has 0 aromatic carbocycles. The Kier molecular flexibility index (Phi) is 50.0. The lowest BCUT2D eigenvalue weighted by Gasteiger charge is -2.19. The molecule has 0 bridgehead atoms. The molecule has 2 atom stereocenters. The highest BCUT2D eigenvalue weighted by Crippen LogP contribution is 2.13. The monoisotopic (exact) mass is 878 g/mol. The van der Waals surface area contributed by atoms with E-state index in [1.807, 2.05) is 6.08 Å². The van der Waals surface area contributed by atoms with Crippen LogP contribution in [0.15, 0.2) is 158 Å². The fraction of sp³-hybridized carbons (Fsp3) is 0.550. The minimum atomic E-state index is -0.880. The smallest absolute Gasteiger partial charge is 0.220 e. The van der Waals surface area contributed by atoms with E-state index in [0.717, 1.165) is 116 Å². The van der Waals surface area contributed by atoms with Crippen molar-refractivity contribution >= 4 is 5.91 Å². The highest BCUT2D eigenvalue weighted by Gasteiger charge is 2.17. The van der Waals surface area contributed by atoms with E-state index in [4.69, 9.17) is 0 Å². The normalized spacial score (nSPS) is 14.2. The summed E-state index contributed by atoms with van der Waals surface area (Å²) in [5.41, 5.74) is 0. The van der Waals surface area contributed by atoms with Gasteiger partial charge in [0.2, 0.25) is 5.91 Å². The number of allylic oxidation sites excluding steroid dienone is 25. The summed E-state index contributed by atoms with van der Waals surface area (Å²) in [6.45, 7) is 4.08. The first kappa shape index (κ1) is 60.0. The lowest BCUT2D eigenvalue weighted by molar-refractivity contribution is -0.123. The number of carbonyl (C=O) groups excluding carboxylic acids is 1. The summed E-state index contributed by atoms with van der Waals surface area (Å²) in [7, 11) is 0. The molecule has 0 saturated carbocycles. The van der Waals surface area contributed by atoms with Crippen LogP contribution in [0.25, 0.3) is 0 Å². The Labute approximate surface area is 395 Å². The lowest BCUT2D eigenvalue weighted by atomic mass is 10.0. The summed E-state index contributed by atoms with van der Waals surface area (Å²) in [5, 5.41) is 22.9. The lowest BCUT2D eigenvalue weighted by Crippen LogP contribution is -2.45. The van der Waals surface area contributed by atoms with Crippen LogP contribution in [0.1, 0.15) is 194 Å². The Morgan fingerprint density at radius 3 is 1.08 bits per heavy atom. The first-order valence-electron chi connectivity index (χ1n) is 25.7. The van der Waals surface area contributed by atoms with Gasteiger partial charge in [-0.2, -0.15) is 0 Å². The predicted octanol–water partition coefficient (Wildman–Crippen LogP) is 17.0. The van der Waals surface area contributed by atoms with Gasteiger partial charge >= 0.3 is 0 Å². The number of aliphatic hydroxyl groups excluding tert-OH is 2. The third-order valence-electron chi connectivity index (χ3n) is 10.5. The van der Waals surface area contributed by atoms with Crippen LogP contribution in [0.3, 0.4) is 0 Å². The zero-order valence-corrected chi connectivity index (χ0v) is 41.0. The molecule has 2 unspecified atom stereocenters. The second-order valence-electron chi connectivity index (χ2n) is 16.5. The van der Waals surface area contributed by atoms with E-state index in [0.29, 0.717) is 6.42 Å². The van der Waals surface area contributed by atoms with Crippen LogP contribution in [0.2, 0.25) is 0 Å². The molecule has 0 spiro atoms. The van der Waals surface area contributed by atoms with Crippen molar-refractivity contribution in [2.75, 3.05) is 6.61 Å². The third-order valence-corrected chi connectivity index (χ3v) is 10.5. The maximum absolute atomic E-state index is 12.4. The van der Waals surface area contributed by atoms with Gasteiger partial charge in [-0.05, 0) is 116 Å². The van der Waals surface area contributed by atoms with Gasteiger partial charge in [0.05, 0.1) is 18.8 Å². The Morgan fingerprint density at radius 1 is 0.391 bits per heavy atom. The van der Waals surface area contributed by atoms with Gasteiger partial charge in [0, 0.05) is 6.42 Å². The van der Waals surface area contributed by atoms with Crippen molar-refractivity contribution in [3.63, 3.8) is 0 Å². The number of hydrogen-bond donors (Lipinski definition) is 3. The van der Waals surface area contributed by atoms with Crippen LogP contribution in [0, 0.1) is 0 Å². The van der Waals surface area contributed by atoms with E-state index in [-0.39, 0.29) is 12.5 Å². The van der Waals surface area contributed by atoms with Crippen LogP contribution in [0.5, 0.6) is 0 Å². The molecule has 0 saturated heterocycles. The van der Waals surface area contributed by atoms with Crippen LogP contribution in [0.4, 0.5) is 0 Å². The van der Waals surface area contributed by atoms with Gasteiger partial charge in [-0.15, -0.1) is 0 Å². The molecule has 0 aliphatic carbocycles. The number of nitrogens with one attached hydrogen (secondary N) is 1. The summed E-state index contributed by atoms with van der Waals surface area (Å²) < 4.78 is 0. The minimum Gasteiger partial charge on any atom is -0.394 e. The van der Waals surface area contributed by atoms with E-state index in [9.17, 15) is 15.0 Å². The van der Waals surface area contributed by atoms with Crippen LogP contribution < -0.4 is 5.32 Å². The summed E-state index contributed by atoms with van der Waals surface area (Å²) in [6.07, 6.45) is 86.7. The topological polar surface area (TPSA) is 69.6 Å². The minimum absolute atomic E-state index is 0.0926. The van der Waals surface area contributed by atoms with Crippen LogP contribution in [-0.2, 0) is 4.79 Å². The first-order chi connectivity index (χ1) is 31.7. The molecule has 358 valence electrons. The molecule has 0 aliphatic heterocycles. The van der Waals surface area contributed by atoms with Crippen molar-refractivity contribution in [2.24, 2.45) is 0 Å². The zero-order valence-electron chi connectivity index (χ0n) is 41.0. The molecule has 0 rings (SSSR count). The van der Waals surface area contributed by atoms with Crippen LogP contribution >= 0.6 is 0 Å². The Hall–Kier alpha value is -3.99. The molecule has 0 heterocycles. The Morgan fingerprint density at radius 2 is 0.703 bits per heavy atom. The number of hydrogen-bond acceptors (Lipinski definition) is 3. The summed E-state index contributed by atoms with van der Waals surface area (Å²) >= 11 is 0. The molecule has 0 aromatic rings. The van der Waals surface area contributed by atoms with E-state index in [1.165, 1.54) is 57.8 Å². The molecular weight excluding hydrogens is 783 g/mol. The second kappa shape index (κ2) is 53.3. The molecule has 64 heavy (non-hydrogen) atoms. The van der Waals surface area contributed by atoms with Crippen molar-refractivity contribution in [3.05, 3.63) is 158 Å². The average Bonchev–Trinajstić information content (AvgIpc) is 3.30. The molecule has 0 radical (unpaired) electrons. The van der Waals surface area contributed by atoms with Gasteiger partial charge in [0.15, 0.2) is 0 Å². The number of amides is 1. The van der Waals surface area contributed by atoms with E-state index < -0.39 is 12.1 Å². The summed E-state index contributed by atoms with van der Waals surface area (Å²) in [5.74, 6) is -0.0926. The van der Waals surface area contributed by atoms with E-state index in [1.54, 1.807) is 6.08 Å². The SMILES string of the molecule is CC/C=C\C/C=C\C/C=C\C/C=C\C/C=C\C/C=C\C/C=C\C/C=C\C/C=C\C/C=C\CCCCCCCCCCCCC(=O)NC(CO)C(O)/C=C/CC/C=C/CC/C=C/CCC. The molecule has 4 nitrogen and oxygen atoms in total.